The van der Waals surface area contributed by atoms with E-state index in [9.17, 15) is 19.5 Å². The number of aliphatic hydroxyl groups is 1. The molecule has 2 aliphatic rings. The van der Waals surface area contributed by atoms with E-state index in [0.717, 1.165) is 17.5 Å². The molecule has 9 nitrogen and oxygen atoms in total. The van der Waals surface area contributed by atoms with Gasteiger partial charge in [0.25, 0.3) is 11.5 Å². The summed E-state index contributed by atoms with van der Waals surface area (Å²) in [5, 5.41) is 12.0. The molecule has 2 unspecified atom stereocenters. The zero-order valence-electron chi connectivity index (χ0n) is 24.9. The highest BCUT2D eigenvalue weighted by Gasteiger charge is 2.41. The van der Waals surface area contributed by atoms with E-state index < -0.39 is 5.60 Å². The monoisotopic (exact) mass is 581 g/mol. The van der Waals surface area contributed by atoms with Crippen molar-refractivity contribution in [3.63, 3.8) is 0 Å². The number of hydrogen-bond donors (Lipinski definition) is 1. The van der Waals surface area contributed by atoms with E-state index in [1.54, 1.807) is 16.8 Å². The van der Waals surface area contributed by atoms with E-state index in [2.05, 4.69) is 11.9 Å². The number of hydrogen-bond acceptors (Lipinski definition) is 5. The highest BCUT2D eigenvalue weighted by Crippen LogP contribution is 2.36. The standard InChI is InChI=1S/C34H39N5O4/c1-3-24-8-7-11-26(20-24)31(40)38-17-13-27(29(21-38)25-9-5-4-6-10-25)32(41)37-18-14-34(43,15-19-37)22-39-23-35-30-28(33(39)42)12-16-36(30)2/h4-12,16,20,23,27,29,43H,3,13-15,17-19,21-22H2,1-2H3. The summed E-state index contributed by atoms with van der Waals surface area (Å²) in [6.07, 6.45) is 5.49. The molecule has 4 aromatic rings. The SMILES string of the molecule is CCc1cccc(C(=O)N2CCC(C(=O)N3CCC(O)(Cn4cnc5c(ccn5C)c4=O)CC3)C(c3ccccc3)C2)c1. The molecule has 9 heteroatoms. The molecule has 0 bridgehead atoms. The minimum atomic E-state index is -1.10. The third-order valence-electron chi connectivity index (χ3n) is 9.35. The van der Waals surface area contributed by atoms with Gasteiger partial charge in [0.05, 0.1) is 17.5 Å². The van der Waals surface area contributed by atoms with Crippen LogP contribution in [0.1, 0.15) is 53.6 Å². The fraction of sp³-hybridized carbons (Fsp3) is 0.412. The largest absolute Gasteiger partial charge is 0.388 e. The Kier molecular flexibility index (Phi) is 7.92. The van der Waals surface area contributed by atoms with E-state index in [4.69, 9.17) is 0 Å². The van der Waals surface area contributed by atoms with Crippen molar-refractivity contribution < 1.29 is 14.7 Å². The molecule has 2 amide bonds. The van der Waals surface area contributed by atoms with Gasteiger partial charge < -0.3 is 19.5 Å². The Labute approximate surface area is 251 Å². The van der Waals surface area contributed by atoms with Crippen molar-refractivity contribution in [1.82, 2.24) is 23.9 Å². The molecule has 224 valence electrons. The maximum atomic E-state index is 14.0. The van der Waals surface area contributed by atoms with Crippen LogP contribution in [0.5, 0.6) is 0 Å². The van der Waals surface area contributed by atoms with Crippen LogP contribution in [0.15, 0.2) is 78.0 Å². The second kappa shape index (κ2) is 11.8. The lowest BCUT2D eigenvalue weighted by atomic mass is 9.79. The topological polar surface area (TPSA) is 101 Å². The van der Waals surface area contributed by atoms with Crippen molar-refractivity contribution in [1.29, 1.82) is 0 Å². The first kappa shape index (κ1) is 28.9. The minimum absolute atomic E-state index is 0.00332. The maximum Gasteiger partial charge on any atom is 0.262 e. The molecule has 2 aliphatic heterocycles. The van der Waals surface area contributed by atoms with Crippen LogP contribution in [-0.4, -0.2) is 72.6 Å². The van der Waals surface area contributed by atoms with Gasteiger partial charge in [0, 0.05) is 56.8 Å². The number of benzene rings is 2. The molecule has 2 aromatic heterocycles. The third kappa shape index (κ3) is 5.73. The van der Waals surface area contributed by atoms with Crippen LogP contribution in [0.4, 0.5) is 0 Å². The van der Waals surface area contributed by atoms with Crippen molar-refractivity contribution >= 4 is 22.8 Å². The van der Waals surface area contributed by atoms with Gasteiger partial charge in [-0.2, -0.15) is 0 Å². The molecule has 0 aliphatic carbocycles. The smallest absolute Gasteiger partial charge is 0.262 e. The fourth-order valence-corrected chi connectivity index (χ4v) is 6.72. The molecule has 1 N–H and O–H groups in total. The van der Waals surface area contributed by atoms with Crippen molar-refractivity contribution in [2.24, 2.45) is 13.0 Å². The number of rotatable bonds is 6. The van der Waals surface area contributed by atoms with Crippen molar-refractivity contribution in [3.8, 4) is 0 Å². The highest BCUT2D eigenvalue weighted by atomic mass is 16.3. The predicted octanol–water partition coefficient (Wildman–Crippen LogP) is 3.60. The Morgan fingerprint density at radius 1 is 1.00 bits per heavy atom. The Morgan fingerprint density at radius 2 is 1.77 bits per heavy atom. The van der Waals surface area contributed by atoms with E-state index in [1.807, 2.05) is 71.4 Å². The Balaban J connectivity index is 1.15. The van der Waals surface area contributed by atoms with Gasteiger partial charge in [0.2, 0.25) is 5.91 Å². The van der Waals surface area contributed by atoms with Crippen LogP contribution in [0.2, 0.25) is 0 Å². The van der Waals surface area contributed by atoms with E-state index >= 15 is 0 Å². The number of aromatic nitrogens is 3. The summed E-state index contributed by atoms with van der Waals surface area (Å²) in [7, 11) is 1.84. The molecular weight excluding hydrogens is 542 g/mol. The van der Waals surface area contributed by atoms with Crippen molar-refractivity contribution in [3.05, 3.63) is 100 Å². The molecule has 43 heavy (non-hydrogen) atoms. The molecule has 0 spiro atoms. The Morgan fingerprint density at radius 3 is 2.51 bits per heavy atom. The Bertz CT molecular complexity index is 1690. The molecule has 2 fully saturated rings. The number of amides is 2. The zero-order chi connectivity index (χ0) is 30.1. The molecule has 2 atom stereocenters. The highest BCUT2D eigenvalue weighted by molar-refractivity contribution is 5.94. The fourth-order valence-electron chi connectivity index (χ4n) is 6.72. The summed E-state index contributed by atoms with van der Waals surface area (Å²) in [4.78, 5) is 48.7. The van der Waals surface area contributed by atoms with Gasteiger partial charge in [-0.25, -0.2) is 4.98 Å². The lowest BCUT2D eigenvalue weighted by Gasteiger charge is -2.43. The first-order valence-electron chi connectivity index (χ1n) is 15.2. The van der Waals surface area contributed by atoms with Gasteiger partial charge in [-0.1, -0.05) is 49.4 Å². The van der Waals surface area contributed by atoms with E-state index in [1.165, 1.54) is 10.9 Å². The average molecular weight is 582 g/mol. The summed E-state index contributed by atoms with van der Waals surface area (Å²) in [6, 6.07) is 19.6. The van der Waals surface area contributed by atoms with Crippen LogP contribution in [0.25, 0.3) is 11.0 Å². The van der Waals surface area contributed by atoms with Crippen LogP contribution in [0.3, 0.4) is 0 Å². The molecule has 0 saturated carbocycles. The number of aryl methyl sites for hydroxylation is 2. The number of fused-ring (bicyclic) bond motifs is 1. The molecule has 6 rings (SSSR count). The summed E-state index contributed by atoms with van der Waals surface area (Å²) in [5.41, 5.74) is 2.20. The van der Waals surface area contributed by atoms with Crippen molar-refractivity contribution in [2.75, 3.05) is 26.2 Å². The number of carbonyl (C=O) groups is 2. The number of nitrogens with zero attached hydrogens (tertiary/aromatic N) is 5. The number of piperidine rings is 2. The summed E-state index contributed by atoms with van der Waals surface area (Å²) in [6.45, 7) is 4.03. The first-order valence-corrected chi connectivity index (χ1v) is 15.2. The average Bonchev–Trinajstić information content (AvgIpc) is 3.43. The Hall–Kier alpha value is -4.24. The first-order chi connectivity index (χ1) is 20.8. The number of carbonyl (C=O) groups excluding carboxylic acids is 2. The molecular formula is C34H39N5O4. The van der Waals surface area contributed by atoms with Gasteiger partial charge in [0.1, 0.15) is 12.0 Å². The summed E-state index contributed by atoms with van der Waals surface area (Å²) < 4.78 is 3.28. The van der Waals surface area contributed by atoms with Gasteiger partial charge in [-0.3, -0.25) is 19.0 Å². The van der Waals surface area contributed by atoms with Crippen LogP contribution in [0, 0.1) is 5.92 Å². The van der Waals surface area contributed by atoms with E-state index in [-0.39, 0.29) is 35.8 Å². The van der Waals surface area contributed by atoms with Crippen LogP contribution >= 0.6 is 0 Å². The lowest BCUT2D eigenvalue weighted by molar-refractivity contribution is -0.142. The van der Waals surface area contributed by atoms with Crippen LogP contribution in [-0.2, 0) is 24.8 Å². The van der Waals surface area contributed by atoms with Gasteiger partial charge in [0.15, 0.2) is 0 Å². The minimum Gasteiger partial charge on any atom is -0.388 e. The molecule has 2 aromatic carbocycles. The maximum absolute atomic E-state index is 14.0. The molecule has 4 heterocycles. The van der Waals surface area contributed by atoms with E-state index in [0.29, 0.717) is 62.0 Å². The lowest BCUT2D eigenvalue weighted by Crippen LogP contribution is -2.53. The number of likely N-dealkylation sites (tertiary alicyclic amines) is 2. The normalized spacial score (nSPS) is 20.3. The van der Waals surface area contributed by atoms with Gasteiger partial charge in [-0.05, 0) is 55.0 Å². The molecule has 2 saturated heterocycles. The van der Waals surface area contributed by atoms with Crippen LogP contribution < -0.4 is 5.56 Å². The van der Waals surface area contributed by atoms with Crippen molar-refractivity contribution in [2.45, 2.75) is 50.7 Å². The summed E-state index contributed by atoms with van der Waals surface area (Å²) >= 11 is 0. The summed E-state index contributed by atoms with van der Waals surface area (Å²) in [5.74, 6) is -0.306. The van der Waals surface area contributed by atoms with Gasteiger partial charge >= 0.3 is 0 Å². The second-order valence-corrected chi connectivity index (χ2v) is 12.1. The van der Waals surface area contributed by atoms with Gasteiger partial charge in [-0.15, -0.1) is 0 Å². The zero-order valence-corrected chi connectivity index (χ0v) is 24.9. The third-order valence-corrected chi connectivity index (χ3v) is 9.35. The predicted molar refractivity (Wildman–Crippen MR) is 165 cm³/mol. The molecule has 0 radical (unpaired) electrons. The second-order valence-electron chi connectivity index (χ2n) is 12.1. The quantitative estimate of drug-likeness (QED) is 0.375.